The first-order valence-electron chi connectivity index (χ1n) is 5.62. The summed E-state index contributed by atoms with van der Waals surface area (Å²) in [6, 6.07) is 0.736. The highest BCUT2D eigenvalue weighted by Gasteiger charge is 2.26. The van der Waals surface area contributed by atoms with E-state index >= 15 is 0 Å². The molecule has 14 heavy (non-hydrogen) atoms. The van der Waals surface area contributed by atoms with Gasteiger partial charge in [-0.15, -0.1) is 0 Å². The van der Waals surface area contributed by atoms with Crippen LogP contribution in [0.15, 0.2) is 0 Å². The molecular formula is C11H24N2O. The molecule has 84 valence electrons. The van der Waals surface area contributed by atoms with Crippen LogP contribution in [0.2, 0.25) is 0 Å². The zero-order valence-corrected chi connectivity index (χ0v) is 9.75. The molecule has 0 amide bonds. The Morgan fingerprint density at radius 3 is 2.86 bits per heavy atom. The van der Waals surface area contributed by atoms with Crippen molar-refractivity contribution in [3.63, 3.8) is 0 Å². The molecule has 0 aromatic heterocycles. The quantitative estimate of drug-likeness (QED) is 0.691. The average Bonchev–Trinajstić information content (AvgIpc) is 2.62. The van der Waals surface area contributed by atoms with Gasteiger partial charge in [-0.1, -0.05) is 6.42 Å². The van der Waals surface area contributed by atoms with E-state index in [9.17, 15) is 0 Å². The third-order valence-corrected chi connectivity index (χ3v) is 3.25. The normalized spacial score (nSPS) is 27.4. The Labute approximate surface area is 87.8 Å². The number of hydrogen-bond donors (Lipinski definition) is 1. The van der Waals surface area contributed by atoms with Crippen molar-refractivity contribution >= 4 is 0 Å². The largest absolute Gasteiger partial charge is 0.383 e. The van der Waals surface area contributed by atoms with Gasteiger partial charge in [-0.2, -0.15) is 0 Å². The van der Waals surface area contributed by atoms with Crippen molar-refractivity contribution in [3.05, 3.63) is 0 Å². The highest BCUT2D eigenvalue weighted by atomic mass is 16.5. The van der Waals surface area contributed by atoms with Crippen LogP contribution in [0.4, 0.5) is 0 Å². The fourth-order valence-corrected chi connectivity index (χ4v) is 2.37. The first kappa shape index (κ1) is 12.0. The van der Waals surface area contributed by atoms with Crippen LogP contribution >= 0.6 is 0 Å². The van der Waals surface area contributed by atoms with Gasteiger partial charge in [0.05, 0.1) is 6.61 Å². The third kappa shape index (κ3) is 3.56. The molecule has 3 nitrogen and oxygen atoms in total. The maximum Gasteiger partial charge on any atom is 0.0589 e. The molecule has 3 heteroatoms. The highest BCUT2D eigenvalue weighted by molar-refractivity contribution is 4.83. The van der Waals surface area contributed by atoms with Crippen molar-refractivity contribution in [3.8, 4) is 0 Å². The molecule has 1 rings (SSSR count). The van der Waals surface area contributed by atoms with Crippen LogP contribution in [0.3, 0.4) is 0 Å². The molecule has 1 N–H and O–H groups in total. The van der Waals surface area contributed by atoms with Crippen molar-refractivity contribution in [2.24, 2.45) is 5.92 Å². The van der Waals surface area contributed by atoms with Crippen LogP contribution in [0.25, 0.3) is 0 Å². The summed E-state index contributed by atoms with van der Waals surface area (Å²) < 4.78 is 5.07. The number of methoxy groups -OCH3 is 1. The molecule has 2 atom stereocenters. The zero-order chi connectivity index (χ0) is 10.4. The average molecular weight is 200 g/mol. The van der Waals surface area contributed by atoms with Crippen molar-refractivity contribution < 1.29 is 4.74 Å². The molecule has 1 fully saturated rings. The molecule has 0 aliphatic heterocycles. The van der Waals surface area contributed by atoms with Gasteiger partial charge in [-0.25, -0.2) is 0 Å². The summed E-state index contributed by atoms with van der Waals surface area (Å²) in [4.78, 5) is 2.38. The Hall–Kier alpha value is -0.120. The van der Waals surface area contributed by atoms with Gasteiger partial charge in [0.25, 0.3) is 0 Å². The van der Waals surface area contributed by atoms with Gasteiger partial charge in [0.1, 0.15) is 0 Å². The summed E-state index contributed by atoms with van der Waals surface area (Å²) in [6.07, 6.45) is 4.11. The molecule has 1 aliphatic carbocycles. The van der Waals surface area contributed by atoms with Gasteiger partial charge in [0.15, 0.2) is 0 Å². The van der Waals surface area contributed by atoms with Gasteiger partial charge in [0.2, 0.25) is 0 Å². The zero-order valence-electron chi connectivity index (χ0n) is 9.75. The first-order valence-corrected chi connectivity index (χ1v) is 5.62. The van der Waals surface area contributed by atoms with E-state index in [0.29, 0.717) is 0 Å². The van der Waals surface area contributed by atoms with Gasteiger partial charge in [-0.3, -0.25) is 0 Å². The van der Waals surface area contributed by atoms with Gasteiger partial charge < -0.3 is 15.0 Å². The smallest absolute Gasteiger partial charge is 0.0589 e. The van der Waals surface area contributed by atoms with E-state index in [0.717, 1.165) is 25.1 Å². The fraction of sp³-hybridized carbons (Fsp3) is 1.00. The lowest BCUT2D eigenvalue weighted by Gasteiger charge is -2.25. The van der Waals surface area contributed by atoms with E-state index in [4.69, 9.17) is 4.74 Å². The summed E-state index contributed by atoms with van der Waals surface area (Å²) >= 11 is 0. The van der Waals surface area contributed by atoms with Gasteiger partial charge in [-0.05, 0) is 32.9 Å². The second-order valence-corrected chi connectivity index (χ2v) is 4.34. The van der Waals surface area contributed by atoms with Crippen molar-refractivity contribution in [2.75, 3.05) is 40.9 Å². The van der Waals surface area contributed by atoms with Crippen LogP contribution in [-0.4, -0.2) is 51.8 Å². The van der Waals surface area contributed by atoms with Crippen molar-refractivity contribution in [1.29, 1.82) is 0 Å². The van der Waals surface area contributed by atoms with Crippen molar-refractivity contribution in [2.45, 2.75) is 25.3 Å². The lowest BCUT2D eigenvalue weighted by Crippen LogP contribution is -2.37. The van der Waals surface area contributed by atoms with E-state index < -0.39 is 0 Å². The minimum atomic E-state index is 0.736. The van der Waals surface area contributed by atoms with E-state index in [1.165, 1.54) is 25.8 Å². The van der Waals surface area contributed by atoms with E-state index in [-0.39, 0.29) is 0 Å². The molecule has 0 spiro atoms. The number of ether oxygens (including phenoxy) is 1. The predicted octanol–water partition coefficient (Wildman–Crippen LogP) is 0.953. The van der Waals surface area contributed by atoms with Gasteiger partial charge >= 0.3 is 0 Å². The maximum absolute atomic E-state index is 5.07. The topological polar surface area (TPSA) is 24.5 Å². The highest BCUT2D eigenvalue weighted by Crippen LogP contribution is 2.25. The second-order valence-electron chi connectivity index (χ2n) is 4.34. The number of likely N-dealkylation sites (N-methyl/N-ethyl adjacent to an activating group) is 1. The molecule has 0 heterocycles. The van der Waals surface area contributed by atoms with Crippen LogP contribution < -0.4 is 5.32 Å². The lowest BCUT2D eigenvalue weighted by molar-refractivity contribution is 0.149. The minimum Gasteiger partial charge on any atom is -0.383 e. The standard InChI is InChI=1S/C11H24N2O/c1-12-11-6-4-5-10(11)9-13(2)7-8-14-3/h10-12H,4-9H2,1-3H3. The maximum atomic E-state index is 5.07. The van der Waals surface area contributed by atoms with Crippen LogP contribution in [0.1, 0.15) is 19.3 Å². The number of nitrogens with zero attached hydrogens (tertiary/aromatic N) is 1. The summed E-state index contributed by atoms with van der Waals surface area (Å²) in [5.74, 6) is 0.835. The molecular weight excluding hydrogens is 176 g/mol. The van der Waals surface area contributed by atoms with Crippen LogP contribution in [-0.2, 0) is 4.74 Å². The van der Waals surface area contributed by atoms with E-state index in [1.807, 2.05) is 0 Å². The Morgan fingerprint density at radius 2 is 2.21 bits per heavy atom. The Bertz CT molecular complexity index is 152. The molecule has 2 unspecified atom stereocenters. The Balaban J connectivity index is 2.21. The molecule has 0 aromatic rings. The number of rotatable bonds is 6. The summed E-state index contributed by atoms with van der Waals surface area (Å²) in [6.45, 7) is 3.09. The molecule has 0 aromatic carbocycles. The van der Waals surface area contributed by atoms with Crippen LogP contribution in [0.5, 0.6) is 0 Å². The number of nitrogens with one attached hydrogen (secondary N) is 1. The fourth-order valence-electron chi connectivity index (χ4n) is 2.37. The van der Waals surface area contributed by atoms with Crippen LogP contribution in [0, 0.1) is 5.92 Å². The molecule has 1 aliphatic rings. The summed E-state index contributed by atoms with van der Waals surface area (Å²) in [7, 11) is 6.03. The minimum absolute atomic E-state index is 0.736. The van der Waals surface area contributed by atoms with Gasteiger partial charge in [0, 0.05) is 26.2 Å². The lowest BCUT2D eigenvalue weighted by atomic mass is 10.0. The predicted molar refractivity (Wildman–Crippen MR) is 59.6 cm³/mol. The Morgan fingerprint density at radius 1 is 1.43 bits per heavy atom. The summed E-state index contributed by atoms with van der Waals surface area (Å²) in [5, 5.41) is 3.42. The molecule has 0 bridgehead atoms. The Kier molecular flexibility index (Phi) is 5.45. The summed E-state index contributed by atoms with van der Waals surface area (Å²) in [5.41, 5.74) is 0. The first-order chi connectivity index (χ1) is 6.77. The molecule has 0 saturated heterocycles. The SMILES string of the molecule is CNC1CCCC1CN(C)CCOC. The molecule has 1 saturated carbocycles. The molecule has 0 radical (unpaired) electrons. The van der Waals surface area contributed by atoms with E-state index in [2.05, 4.69) is 24.3 Å². The van der Waals surface area contributed by atoms with Crippen molar-refractivity contribution in [1.82, 2.24) is 10.2 Å². The monoisotopic (exact) mass is 200 g/mol. The second kappa shape index (κ2) is 6.38. The van der Waals surface area contributed by atoms with E-state index in [1.54, 1.807) is 7.11 Å². The third-order valence-electron chi connectivity index (χ3n) is 3.25. The number of hydrogen-bond acceptors (Lipinski definition) is 3.